The first-order valence-corrected chi connectivity index (χ1v) is 9.49. The maximum Gasteiger partial charge on any atom is 0.242 e. The van der Waals surface area contributed by atoms with Gasteiger partial charge in [-0.05, 0) is 31.6 Å². The van der Waals surface area contributed by atoms with E-state index >= 15 is 0 Å². The van der Waals surface area contributed by atoms with Crippen molar-refractivity contribution in [1.82, 2.24) is 9.88 Å². The average molecular weight is 337 g/mol. The van der Waals surface area contributed by atoms with Crippen LogP contribution < -0.4 is 5.73 Å². The van der Waals surface area contributed by atoms with Crippen molar-refractivity contribution in [2.24, 2.45) is 5.73 Å². The molecule has 3 rings (SSSR count). The van der Waals surface area contributed by atoms with Crippen molar-refractivity contribution in [3.63, 3.8) is 0 Å². The third kappa shape index (κ3) is 3.59. The van der Waals surface area contributed by atoms with Gasteiger partial charge in [-0.3, -0.25) is 4.79 Å². The fourth-order valence-corrected chi connectivity index (χ4v) is 4.49. The van der Waals surface area contributed by atoms with Crippen LogP contribution in [0.4, 0.5) is 0 Å². The first kappa shape index (κ1) is 16.9. The van der Waals surface area contributed by atoms with Crippen LogP contribution in [0.15, 0.2) is 5.38 Å². The molecule has 1 amide bonds. The molecule has 2 N–H and O–H groups in total. The van der Waals surface area contributed by atoms with Gasteiger partial charge in [0.05, 0.1) is 16.2 Å². The zero-order valence-corrected chi connectivity index (χ0v) is 14.9. The van der Waals surface area contributed by atoms with E-state index in [1.165, 1.54) is 5.01 Å². The van der Waals surface area contributed by atoms with E-state index in [1.54, 1.807) is 11.3 Å². The highest BCUT2D eigenvalue weighted by Gasteiger charge is 2.40. The molecule has 1 unspecified atom stereocenters. The van der Waals surface area contributed by atoms with Crippen molar-refractivity contribution in [2.45, 2.75) is 56.9 Å². The van der Waals surface area contributed by atoms with Crippen LogP contribution in [0.25, 0.3) is 0 Å². The number of carbonyl (C=O) groups excluding carboxylic acids is 1. The number of nitrogens with two attached hydrogens (primary N) is 1. The second-order valence-corrected chi connectivity index (χ2v) is 8.01. The standard InChI is InChI=1S/C17H27N3O2S/c1-12(2)14-11-23-15(19-14)13-4-3-7-20(10-13)16(21)17(18)5-8-22-9-6-17/h11-13H,3-10,18H2,1-2H3. The molecular weight excluding hydrogens is 310 g/mol. The van der Waals surface area contributed by atoms with Crippen LogP contribution >= 0.6 is 11.3 Å². The highest BCUT2D eigenvalue weighted by Crippen LogP contribution is 2.32. The molecule has 6 heteroatoms. The van der Waals surface area contributed by atoms with Crippen LogP contribution in [0.3, 0.4) is 0 Å². The van der Waals surface area contributed by atoms with Crippen LogP contribution in [-0.2, 0) is 9.53 Å². The number of amides is 1. The highest BCUT2D eigenvalue weighted by molar-refractivity contribution is 7.09. The lowest BCUT2D eigenvalue weighted by molar-refractivity contribution is -0.141. The first-order chi connectivity index (χ1) is 11.0. The van der Waals surface area contributed by atoms with E-state index in [0.717, 1.165) is 31.6 Å². The summed E-state index contributed by atoms with van der Waals surface area (Å²) < 4.78 is 5.36. The van der Waals surface area contributed by atoms with Crippen molar-refractivity contribution in [1.29, 1.82) is 0 Å². The molecule has 0 spiro atoms. The van der Waals surface area contributed by atoms with E-state index in [9.17, 15) is 4.79 Å². The Morgan fingerprint density at radius 1 is 1.48 bits per heavy atom. The fraction of sp³-hybridized carbons (Fsp3) is 0.765. The molecule has 0 saturated carbocycles. The van der Waals surface area contributed by atoms with Crippen LogP contribution in [-0.4, -0.2) is 47.6 Å². The molecule has 1 aromatic heterocycles. The Morgan fingerprint density at radius 3 is 2.87 bits per heavy atom. The Kier molecular flexibility index (Phi) is 5.04. The predicted octanol–water partition coefficient (Wildman–Crippen LogP) is 2.48. The Morgan fingerprint density at radius 2 is 2.22 bits per heavy atom. The number of hydrogen-bond acceptors (Lipinski definition) is 5. The molecule has 5 nitrogen and oxygen atoms in total. The molecule has 128 valence electrons. The van der Waals surface area contributed by atoms with Gasteiger partial charge in [-0.1, -0.05) is 13.8 Å². The van der Waals surface area contributed by atoms with E-state index < -0.39 is 5.54 Å². The van der Waals surface area contributed by atoms with Crippen LogP contribution in [0.2, 0.25) is 0 Å². The number of piperidine rings is 1. The Hall–Kier alpha value is -0.980. The zero-order valence-electron chi connectivity index (χ0n) is 14.1. The third-order valence-corrected chi connectivity index (χ3v) is 6.03. The molecule has 23 heavy (non-hydrogen) atoms. The van der Waals surface area contributed by atoms with E-state index in [-0.39, 0.29) is 5.91 Å². The molecule has 3 heterocycles. The summed E-state index contributed by atoms with van der Waals surface area (Å²) in [6, 6.07) is 0. The number of nitrogens with zero attached hydrogens (tertiary/aromatic N) is 2. The number of rotatable bonds is 3. The van der Waals surface area contributed by atoms with Crippen LogP contribution in [0, 0.1) is 0 Å². The van der Waals surface area contributed by atoms with Gasteiger partial charge < -0.3 is 15.4 Å². The highest BCUT2D eigenvalue weighted by atomic mass is 32.1. The van der Waals surface area contributed by atoms with Gasteiger partial charge in [0.15, 0.2) is 0 Å². The third-order valence-electron chi connectivity index (χ3n) is 5.00. The molecule has 2 aliphatic rings. The van der Waals surface area contributed by atoms with Crippen molar-refractivity contribution < 1.29 is 9.53 Å². The molecule has 2 fully saturated rings. The lowest BCUT2D eigenvalue weighted by atomic mass is 9.88. The Balaban J connectivity index is 1.68. The van der Waals surface area contributed by atoms with Gasteiger partial charge in [-0.15, -0.1) is 11.3 Å². The number of likely N-dealkylation sites (tertiary alicyclic amines) is 1. The number of carbonyl (C=O) groups is 1. The second kappa shape index (κ2) is 6.87. The molecule has 0 aromatic carbocycles. The van der Waals surface area contributed by atoms with Gasteiger partial charge in [0.2, 0.25) is 5.91 Å². The normalized spacial score (nSPS) is 24.9. The van der Waals surface area contributed by atoms with Crippen molar-refractivity contribution >= 4 is 17.2 Å². The molecule has 1 atom stereocenters. The number of aromatic nitrogens is 1. The minimum atomic E-state index is -0.730. The fourth-order valence-electron chi connectivity index (χ4n) is 3.38. The summed E-state index contributed by atoms with van der Waals surface area (Å²) in [7, 11) is 0. The first-order valence-electron chi connectivity index (χ1n) is 8.61. The van der Waals surface area contributed by atoms with Gasteiger partial charge in [0.1, 0.15) is 0 Å². The largest absolute Gasteiger partial charge is 0.381 e. The Labute approximate surface area is 142 Å². The summed E-state index contributed by atoms with van der Waals surface area (Å²) in [4.78, 5) is 19.6. The lowest BCUT2D eigenvalue weighted by Gasteiger charge is -2.40. The van der Waals surface area contributed by atoms with E-state index in [0.29, 0.717) is 37.9 Å². The number of ether oxygens (including phenoxy) is 1. The average Bonchev–Trinajstić information content (AvgIpc) is 3.05. The molecule has 0 bridgehead atoms. The van der Waals surface area contributed by atoms with E-state index in [4.69, 9.17) is 15.5 Å². The molecule has 1 aromatic rings. The zero-order chi connectivity index (χ0) is 16.4. The summed E-state index contributed by atoms with van der Waals surface area (Å²) in [5.74, 6) is 0.913. The van der Waals surface area contributed by atoms with Gasteiger partial charge in [0.25, 0.3) is 0 Å². The topological polar surface area (TPSA) is 68.5 Å². The maximum atomic E-state index is 12.9. The van der Waals surface area contributed by atoms with Crippen LogP contribution in [0.1, 0.15) is 62.1 Å². The van der Waals surface area contributed by atoms with Crippen LogP contribution in [0.5, 0.6) is 0 Å². The monoisotopic (exact) mass is 337 g/mol. The molecular formula is C17H27N3O2S. The van der Waals surface area contributed by atoms with Crippen molar-refractivity contribution in [2.75, 3.05) is 26.3 Å². The van der Waals surface area contributed by atoms with Gasteiger partial charge in [-0.2, -0.15) is 0 Å². The smallest absolute Gasteiger partial charge is 0.242 e. The summed E-state index contributed by atoms with van der Waals surface area (Å²) in [6.07, 6.45) is 3.39. The minimum absolute atomic E-state index is 0.103. The van der Waals surface area contributed by atoms with Gasteiger partial charge >= 0.3 is 0 Å². The predicted molar refractivity (Wildman–Crippen MR) is 91.7 cm³/mol. The molecule has 2 aliphatic heterocycles. The summed E-state index contributed by atoms with van der Waals surface area (Å²) in [6.45, 7) is 7.08. The maximum absolute atomic E-state index is 12.9. The summed E-state index contributed by atoms with van der Waals surface area (Å²) in [5.41, 5.74) is 6.81. The number of thiazole rings is 1. The minimum Gasteiger partial charge on any atom is -0.381 e. The van der Waals surface area contributed by atoms with Crippen molar-refractivity contribution in [3.8, 4) is 0 Å². The molecule has 0 radical (unpaired) electrons. The second-order valence-electron chi connectivity index (χ2n) is 7.12. The molecule has 0 aliphatic carbocycles. The quantitative estimate of drug-likeness (QED) is 0.920. The molecule has 2 saturated heterocycles. The lowest BCUT2D eigenvalue weighted by Crippen LogP contribution is -2.59. The van der Waals surface area contributed by atoms with Crippen molar-refractivity contribution in [3.05, 3.63) is 16.1 Å². The summed E-state index contributed by atoms with van der Waals surface area (Å²) in [5, 5.41) is 3.33. The van der Waals surface area contributed by atoms with E-state index in [1.807, 2.05) is 4.90 Å². The Bertz CT molecular complexity index is 552. The van der Waals surface area contributed by atoms with Gasteiger partial charge in [-0.25, -0.2) is 4.98 Å². The summed E-state index contributed by atoms with van der Waals surface area (Å²) >= 11 is 1.73. The van der Waals surface area contributed by atoms with E-state index in [2.05, 4.69) is 19.2 Å². The number of hydrogen-bond donors (Lipinski definition) is 1. The van der Waals surface area contributed by atoms with Gasteiger partial charge in [0, 0.05) is 37.6 Å². The SMILES string of the molecule is CC(C)c1csc(C2CCCN(C(=O)C3(N)CCOCC3)C2)n1.